The molecule has 1 fully saturated rings. The van der Waals surface area contributed by atoms with Gasteiger partial charge in [-0.2, -0.15) is 0 Å². The fourth-order valence-electron chi connectivity index (χ4n) is 3.16. The number of imide groups is 2. The first-order valence-electron chi connectivity index (χ1n) is 8.61. The van der Waals surface area contributed by atoms with Gasteiger partial charge in [0.2, 0.25) is 0 Å². The molecule has 1 aromatic rings. The monoisotopic (exact) mass is 341 g/mol. The van der Waals surface area contributed by atoms with Gasteiger partial charge in [-0.1, -0.05) is 50.3 Å². The Bertz CT molecular complexity index is 712. The van der Waals surface area contributed by atoms with Crippen LogP contribution in [0, 0.1) is 5.92 Å². The zero-order valence-corrected chi connectivity index (χ0v) is 14.6. The Morgan fingerprint density at radius 1 is 1.00 bits per heavy atom. The summed E-state index contributed by atoms with van der Waals surface area (Å²) in [5, 5.41) is 0. The maximum absolute atomic E-state index is 12.4. The molecule has 0 spiro atoms. The topological polar surface area (TPSA) is 60.9 Å². The first-order valence-corrected chi connectivity index (χ1v) is 8.61. The molecule has 0 unspecified atom stereocenters. The Hall–Kier alpha value is -2.47. The van der Waals surface area contributed by atoms with E-state index in [9.17, 15) is 14.4 Å². The average molecular weight is 341 g/mol. The minimum atomic E-state index is -0.719. The first kappa shape index (κ1) is 17.4. The van der Waals surface area contributed by atoms with Crippen LogP contribution in [-0.4, -0.2) is 58.8 Å². The lowest BCUT2D eigenvalue weighted by atomic mass is 10.00. The van der Waals surface area contributed by atoms with Crippen LogP contribution in [0.1, 0.15) is 25.8 Å². The normalized spacial score (nSPS) is 19.2. The Morgan fingerprint density at radius 2 is 1.68 bits per heavy atom. The van der Waals surface area contributed by atoms with Crippen molar-refractivity contribution in [1.29, 1.82) is 0 Å². The molecular weight excluding hydrogens is 318 g/mol. The molecule has 2 heterocycles. The number of nitrogens with zero attached hydrogens (tertiary/aromatic N) is 3. The van der Waals surface area contributed by atoms with Crippen molar-refractivity contribution in [3.8, 4) is 0 Å². The SMILES string of the molecule is CC(C)CN1C(=O)C(=O)N(CN2CC=C(c3ccccc3)CC2)C1=O. The number of carbonyl (C=O) groups excluding carboxylic acids is 3. The highest BCUT2D eigenvalue weighted by Gasteiger charge is 2.45. The van der Waals surface area contributed by atoms with Gasteiger partial charge in [-0.15, -0.1) is 0 Å². The molecular formula is C19H23N3O3. The summed E-state index contributed by atoms with van der Waals surface area (Å²) in [7, 11) is 0. The summed E-state index contributed by atoms with van der Waals surface area (Å²) in [6.45, 7) is 5.66. The third-order valence-corrected chi connectivity index (χ3v) is 4.46. The van der Waals surface area contributed by atoms with E-state index in [1.807, 2.05) is 36.9 Å². The zero-order valence-electron chi connectivity index (χ0n) is 14.6. The summed E-state index contributed by atoms with van der Waals surface area (Å²) in [6, 6.07) is 9.68. The van der Waals surface area contributed by atoms with Crippen molar-refractivity contribution in [2.45, 2.75) is 20.3 Å². The predicted octanol–water partition coefficient (Wildman–Crippen LogP) is 2.18. The maximum Gasteiger partial charge on any atom is 0.335 e. The minimum absolute atomic E-state index is 0.131. The van der Waals surface area contributed by atoms with Gasteiger partial charge in [-0.05, 0) is 23.5 Å². The second-order valence-electron chi connectivity index (χ2n) is 6.89. The standard InChI is InChI=1S/C19H23N3O3/c1-14(2)12-21-17(23)18(24)22(19(21)25)13-20-10-8-16(9-11-20)15-6-4-3-5-7-15/h3-8,14H,9-13H2,1-2H3. The summed E-state index contributed by atoms with van der Waals surface area (Å²) in [4.78, 5) is 40.7. The molecule has 2 aliphatic rings. The Balaban J connectivity index is 1.64. The largest absolute Gasteiger partial charge is 0.335 e. The average Bonchev–Trinajstić information content (AvgIpc) is 2.81. The highest BCUT2D eigenvalue weighted by Crippen LogP contribution is 2.23. The zero-order chi connectivity index (χ0) is 18.0. The van der Waals surface area contributed by atoms with E-state index in [0.717, 1.165) is 22.8 Å². The van der Waals surface area contributed by atoms with Crippen molar-refractivity contribution in [3.05, 3.63) is 42.0 Å². The lowest BCUT2D eigenvalue weighted by Crippen LogP contribution is -2.44. The number of carbonyl (C=O) groups is 3. The van der Waals surface area contributed by atoms with Gasteiger partial charge in [0.1, 0.15) is 0 Å². The number of amides is 4. The number of rotatable bonds is 5. The molecule has 6 heteroatoms. The highest BCUT2D eigenvalue weighted by atomic mass is 16.2. The highest BCUT2D eigenvalue weighted by molar-refractivity contribution is 6.44. The van der Waals surface area contributed by atoms with Crippen molar-refractivity contribution >= 4 is 23.4 Å². The van der Waals surface area contributed by atoms with E-state index >= 15 is 0 Å². The van der Waals surface area contributed by atoms with Gasteiger partial charge in [0, 0.05) is 19.6 Å². The summed E-state index contributed by atoms with van der Waals surface area (Å²) in [5.74, 6) is -1.30. The van der Waals surface area contributed by atoms with Crippen LogP contribution in [0.5, 0.6) is 0 Å². The van der Waals surface area contributed by atoms with Gasteiger partial charge in [0.05, 0.1) is 6.67 Å². The summed E-state index contributed by atoms with van der Waals surface area (Å²) in [5.41, 5.74) is 2.47. The van der Waals surface area contributed by atoms with Gasteiger partial charge in [0.15, 0.2) is 0 Å². The van der Waals surface area contributed by atoms with E-state index in [4.69, 9.17) is 0 Å². The van der Waals surface area contributed by atoms with E-state index in [2.05, 4.69) is 18.2 Å². The molecule has 4 amide bonds. The smallest absolute Gasteiger partial charge is 0.281 e. The van der Waals surface area contributed by atoms with E-state index in [1.54, 1.807) is 0 Å². The van der Waals surface area contributed by atoms with Crippen LogP contribution in [0.15, 0.2) is 36.4 Å². The van der Waals surface area contributed by atoms with Crippen molar-refractivity contribution in [2.75, 3.05) is 26.3 Å². The van der Waals surface area contributed by atoms with Crippen LogP contribution in [0.2, 0.25) is 0 Å². The van der Waals surface area contributed by atoms with Gasteiger partial charge < -0.3 is 0 Å². The van der Waals surface area contributed by atoms with Crippen molar-refractivity contribution in [2.24, 2.45) is 5.92 Å². The molecule has 0 radical (unpaired) electrons. The molecule has 25 heavy (non-hydrogen) atoms. The van der Waals surface area contributed by atoms with Crippen molar-refractivity contribution in [1.82, 2.24) is 14.7 Å². The maximum atomic E-state index is 12.4. The van der Waals surface area contributed by atoms with Crippen LogP contribution in [0.4, 0.5) is 4.79 Å². The third kappa shape index (κ3) is 3.64. The molecule has 1 saturated heterocycles. The van der Waals surface area contributed by atoms with Crippen LogP contribution in [-0.2, 0) is 9.59 Å². The lowest BCUT2D eigenvalue weighted by molar-refractivity contribution is -0.144. The Labute approximate surface area is 147 Å². The summed E-state index contributed by atoms with van der Waals surface area (Å²) < 4.78 is 0. The van der Waals surface area contributed by atoms with Gasteiger partial charge in [-0.25, -0.2) is 9.69 Å². The van der Waals surface area contributed by atoms with E-state index in [-0.39, 0.29) is 19.1 Å². The summed E-state index contributed by atoms with van der Waals surface area (Å²) >= 11 is 0. The van der Waals surface area contributed by atoms with Crippen molar-refractivity contribution in [3.63, 3.8) is 0 Å². The molecule has 132 valence electrons. The quantitative estimate of drug-likeness (QED) is 0.608. The molecule has 2 aliphatic heterocycles. The van der Waals surface area contributed by atoms with Crippen molar-refractivity contribution < 1.29 is 14.4 Å². The molecule has 0 atom stereocenters. The van der Waals surface area contributed by atoms with Gasteiger partial charge in [0.25, 0.3) is 0 Å². The van der Waals surface area contributed by atoms with Crippen LogP contribution in [0.3, 0.4) is 0 Å². The predicted molar refractivity (Wildman–Crippen MR) is 94.3 cm³/mol. The Kier molecular flexibility index (Phi) is 4.99. The molecule has 0 aromatic heterocycles. The number of urea groups is 1. The lowest BCUT2D eigenvalue weighted by Gasteiger charge is -2.29. The summed E-state index contributed by atoms with van der Waals surface area (Å²) in [6.07, 6.45) is 2.97. The fourth-order valence-corrected chi connectivity index (χ4v) is 3.16. The van der Waals surface area contributed by atoms with Crippen LogP contribution in [0.25, 0.3) is 5.57 Å². The van der Waals surface area contributed by atoms with Gasteiger partial charge in [-0.3, -0.25) is 19.4 Å². The number of hydrogen-bond donors (Lipinski definition) is 0. The first-order chi connectivity index (χ1) is 12.0. The number of hydrogen-bond acceptors (Lipinski definition) is 4. The molecule has 0 N–H and O–H groups in total. The molecule has 0 aliphatic carbocycles. The second kappa shape index (κ2) is 7.19. The number of benzene rings is 1. The van der Waals surface area contributed by atoms with E-state index in [0.29, 0.717) is 6.54 Å². The minimum Gasteiger partial charge on any atom is -0.281 e. The molecule has 1 aromatic carbocycles. The second-order valence-corrected chi connectivity index (χ2v) is 6.89. The van der Waals surface area contributed by atoms with E-state index in [1.165, 1.54) is 11.1 Å². The van der Waals surface area contributed by atoms with Crippen LogP contribution < -0.4 is 0 Å². The van der Waals surface area contributed by atoms with Gasteiger partial charge >= 0.3 is 17.8 Å². The van der Waals surface area contributed by atoms with Crippen LogP contribution >= 0.6 is 0 Å². The molecule has 0 bridgehead atoms. The fraction of sp³-hybridized carbons (Fsp3) is 0.421. The third-order valence-electron chi connectivity index (χ3n) is 4.46. The molecule has 6 nitrogen and oxygen atoms in total. The molecule has 0 saturated carbocycles. The molecule has 3 rings (SSSR count). The van der Waals surface area contributed by atoms with E-state index < -0.39 is 17.8 Å². The Morgan fingerprint density at radius 3 is 2.28 bits per heavy atom.